The molecule has 0 aromatic carbocycles. The first-order chi connectivity index (χ1) is 17.5. The van der Waals surface area contributed by atoms with Gasteiger partial charge in [-0.05, 0) is 49.9 Å². The van der Waals surface area contributed by atoms with Gasteiger partial charge in [-0.1, -0.05) is 32.4 Å². The summed E-state index contributed by atoms with van der Waals surface area (Å²) < 4.78 is 0. The van der Waals surface area contributed by atoms with Gasteiger partial charge >= 0.3 is 0 Å². The summed E-state index contributed by atoms with van der Waals surface area (Å²) in [5, 5.41) is 10.4. The van der Waals surface area contributed by atoms with E-state index >= 15 is 0 Å². The van der Waals surface area contributed by atoms with Crippen molar-refractivity contribution in [3.05, 3.63) is 45.3 Å². The first kappa shape index (κ1) is 27.0. The molecule has 0 radical (unpaired) electrons. The predicted molar refractivity (Wildman–Crippen MR) is 144 cm³/mol. The highest BCUT2D eigenvalue weighted by atomic mass is 35.5. The molecule has 2 aliphatic rings. The van der Waals surface area contributed by atoms with Crippen LogP contribution in [0.1, 0.15) is 77.3 Å². The van der Waals surface area contributed by atoms with Gasteiger partial charge in [0, 0.05) is 12.1 Å². The lowest BCUT2D eigenvalue weighted by Gasteiger charge is -2.29. The lowest BCUT2D eigenvalue weighted by atomic mass is 9.85. The number of likely N-dealkylation sites (tertiary alicyclic amines) is 1. The quantitative estimate of drug-likeness (QED) is 0.319. The average molecular weight is 546 g/mol. The van der Waals surface area contributed by atoms with Gasteiger partial charge in [-0.15, -0.1) is 11.3 Å². The Morgan fingerprint density at radius 1 is 1.24 bits per heavy atom. The molecule has 1 fully saturated rings. The van der Waals surface area contributed by atoms with Gasteiger partial charge in [0.15, 0.2) is 5.84 Å². The van der Waals surface area contributed by atoms with E-state index in [1.807, 2.05) is 20.8 Å². The summed E-state index contributed by atoms with van der Waals surface area (Å²) in [4.78, 5) is 41.2. The maximum absolute atomic E-state index is 13.1. The van der Waals surface area contributed by atoms with Crippen LogP contribution in [0.5, 0.6) is 0 Å². The van der Waals surface area contributed by atoms with E-state index in [0.29, 0.717) is 33.6 Å². The molecular formula is C24H32ClN9O2S. The van der Waals surface area contributed by atoms with Crippen LogP contribution >= 0.6 is 22.9 Å². The zero-order chi connectivity index (χ0) is 26.7. The second kappa shape index (κ2) is 11.1. The third kappa shape index (κ3) is 6.43. The number of nitrogen functional groups attached to an aromatic ring is 1. The van der Waals surface area contributed by atoms with E-state index < -0.39 is 11.5 Å². The van der Waals surface area contributed by atoms with Crippen molar-refractivity contribution in [1.29, 1.82) is 0 Å². The van der Waals surface area contributed by atoms with E-state index in [-0.39, 0.29) is 22.9 Å². The number of nitrogens with two attached hydrogens (primary N) is 1. The monoisotopic (exact) mass is 545 g/mol. The molecule has 2 aromatic rings. The molecule has 0 bridgehead atoms. The number of anilines is 1. The van der Waals surface area contributed by atoms with Gasteiger partial charge in [0.25, 0.3) is 11.8 Å². The molecule has 2 aliphatic heterocycles. The largest absolute Gasteiger partial charge is 0.383 e. The minimum atomic E-state index is -0.451. The fourth-order valence-corrected chi connectivity index (χ4v) is 5.40. The van der Waals surface area contributed by atoms with Crippen LogP contribution in [0.2, 0.25) is 0 Å². The number of thiazole rings is 1. The fourth-order valence-electron chi connectivity index (χ4n) is 4.15. The van der Waals surface area contributed by atoms with Gasteiger partial charge in [-0.25, -0.2) is 15.0 Å². The molecule has 2 atom stereocenters. The van der Waals surface area contributed by atoms with Gasteiger partial charge in [-0.2, -0.15) is 5.10 Å². The normalized spacial score (nSPS) is 19.0. The molecule has 5 N–H and O–H groups in total. The molecule has 0 aliphatic carbocycles. The van der Waals surface area contributed by atoms with Gasteiger partial charge in [-0.3, -0.25) is 19.9 Å². The first-order valence-electron chi connectivity index (χ1n) is 12.1. The van der Waals surface area contributed by atoms with Crippen LogP contribution in [0.15, 0.2) is 29.3 Å². The van der Waals surface area contributed by atoms with Crippen molar-refractivity contribution >= 4 is 46.4 Å². The van der Waals surface area contributed by atoms with Gasteiger partial charge in [0.2, 0.25) is 0 Å². The summed E-state index contributed by atoms with van der Waals surface area (Å²) >= 11 is 7.50. The second-order valence-electron chi connectivity index (χ2n) is 10.1. The van der Waals surface area contributed by atoms with E-state index in [0.717, 1.165) is 31.5 Å². The summed E-state index contributed by atoms with van der Waals surface area (Å²) in [6.07, 6.45) is 6.80. The van der Waals surface area contributed by atoms with Gasteiger partial charge in [0.1, 0.15) is 33.2 Å². The zero-order valence-corrected chi connectivity index (χ0v) is 22.9. The molecule has 4 rings (SSSR count). The molecule has 37 heavy (non-hydrogen) atoms. The van der Waals surface area contributed by atoms with Gasteiger partial charge in [0.05, 0.1) is 12.2 Å². The summed E-state index contributed by atoms with van der Waals surface area (Å²) in [5.41, 5.74) is 10.1. The van der Waals surface area contributed by atoms with Crippen LogP contribution in [0.4, 0.5) is 5.82 Å². The molecule has 2 aromatic heterocycles. The molecular weight excluding hydrogens is 514 g/mol. The Morgan fingerprint density at radius 3 is 2.68 bits per heavy atom. The summed E-state index contributed by atoms with van der Waals surface area (Å²) in [5.74, 6) is -0.0425. The van der Waals surface area contributed by atoms with Crippen molar-refractivity contribution in [2.75, 3.05) is 18.8 Å². The minimum Gasteiger partial charge on any atom is -0.383 e. The van der Waals surface area contributed by atoms with Crippen LogP contribution in [0.25, 0.3) is 0 Å². The maximum atomic E-state index is 13.1. The van der Waals surface area contributed by atoms with E-state index in [9.17, 15) is 9.59 Å². The molecule has 0 spiro atoms. The molecule has 1 saturated heterocycles. The van der Waals surface area contributed by atoms with Crippen molar-refractivity contribution in [2.24, 2.45) is 10.5 Å². The molecule has 0 saturated carbocycles. The van der Waals surface area contributed by atoms with Crippen molar-refractivity contribution in [2.45, 2.75) is 58.6 Å². The lowest BCUT2D eigenvalue weighted by Crippen LogP contribution is -2.39. The van der Waals surface area contributed by atoms with Crippen LogP contribution in [0.3, 0.4) is 0 Å². The van der Waals surface area contributed by atoms with E-state index in [1.165, 1.54) is 23.9 Å². The number of aromatic nitrogens is 3. The van der Waals surface area contributed by atoms with Crippen LogP contribution < -0.4 is 21.8 Å². The number of hydrogen-bond donors (Lipinski definition) is 4. The van der Waals surface area contributed by atoms with Crippen molar-refractivity contribution in [3.8, 4) is 0 Å². The number of halogens is 1. The molecule has 198 valence electrons. The number of hydrogen-bond acceptors (Lipinski definition) is 10. The van der Waals surface area contributed by atoms with Crippen LogP contribution in [-0.2, 0) is 6.54 Å². The molecule has 2 amide bonds. The summed E-state index contributed by atoms with van der Waals surface area (Å²) in [6.45, 7) is 10.4. The summed E-state index contributed by atoms with van der Waals surface area (Å²) in [7, 11) is 0. The predicted octanol–water partition coefficient (Wildman–Crippen LogP) is 2.79. The SMILES string of the molecule is CC(NC(=O)c1ncnc(N)c1CN1CCCC1)c1ncc(C(=O)NC2=NNC(Cl)C(C(C)(C)C)=C2)s1. The Kier molecular flexibility index (Phi) is 8.10. The zero-order valence-electron chi connectivity index (χ0n) is 21.3. The van der Waals surface area contributed by atoms with Gasteiger partial charge < -0.3 is 16.4 Å². The number of rotatable bonds is 6. The number of nitrogens with one attached hydrogen (secondary N) is 3. The Hall–Kier alpha value is -3.09. The Labute approximate surface area is 225 Å². The van der Waals surface area contributed by atoms with Crippen molar-refractivity contribution in [3.63, 3.8) is 0 Å². The second-order valence-corrected chi connectivity index (χ2v) is 11.6. The Bertz CT molecular complexity index is 1230. The number of amidine groups is 1. The lowest BCUT2D eigenvalue weighted by molar-refractivity contribution is 0.0931. The molecule has 13 heteroatoms. The number of hydrazone groups is 1. The summed E-state index contributed by atoms with van der Waals surface area (Å²) in [6, 6.07) is -0.451. The van der Waals surface area contributed by atoms with Crippen molar-refractivity contribution in [1.82, 2.24) is 35.9 Å². The van der Waals surface area contributed by atoms with Crippen LogP contribution in [0, 0.1) is 5.41 Å². The molecule has 4 heterocycles. The number of amides is 2. The molecule has 11 nitrogen and oxygen atoms in total. The first-order valence-corrected chi connectivity index (χ1v) is 13.4. The number of nitrogens with zero attached hydrogens (tertiary/aromatic N) is 5. The number of alkyl halides is 1. The highest BCUT2D eigenvalue weighted by Gasteiger charge is 2.28. The Morgan fingerprint density at radius 2 is 1.97 bits per heavy atom. The Balaban J connectivity index is 1.41. The van der Waals surface area contributed by atoms with Crippen molar-refractivity contribution < 1.29 is 9.59 Å². The van der Waals surface area contributed by atoms with E-state index in [2.05, 4.69) is 41.0 Å². The fraction of sp³-hybridized carbons (Fsp3) is 0.500. The van der Waals surface area contributed by atoms with Crippen LogP contribution in [-0.4, -0.2) is 56.1 Å². The highest BCUT2D eigenvalue weighted by molar-refractivity contribution is 7.13. The average Bonchev–Trinajstić information content (AvgIpc) is 3.53. The third-order valence-corrected chi connectivity index (χ3v) is 7.72. The van der Waals surface area contributed by atoms with E-state index in [4.69, 9.17) is 17.3 Å². The standard InChI is InChI=1S/C24H32ClN9O2S/c1-13(30-22(36)18-14(20(26)29-12-28-18)11-34-7-5-6-8-34)23-27-10-16(37-23)21(35)31-17-9-15(24(2,3)4)19(25)33-32-17/h9-10,12-13,19,33H,5-8,11H2,1-4H3,(H,30,36)(H2,26,28,29)(H,31,32,35). The number of carbonyl (C=O) groups is 2. The third-order valence-electron chi connectivity index (χ3n) is 6.21. The molecule has 2 unspecified atom stereocenters. The maximum Gasteiger partial charge on any atom is 0.270 e. The number of carbonyl (C=O) groups excluding carboxylic acids is 2. The topological polar surface area (TPSA) is 151 Å². The van der Waals surface area contributed by atoms with E-state index in [1.54, 1.807) is 13.0 Å². The minimum absolute atomic E-state index is 0.195. The highest BCUT2D eigenvalue weighted by Crippen LogP contribution is 2.31. The smallest absolute Gasteiger partial charge is 0.270 e.